The highest BCUT2D eigenvalue weighted by Crippen LogP contribution is 2.32. The third-order valence-electron chi connectivity index (χ3n) is 2.31. The summed E-state index contributed by atoms with van der Waals surface area (Å²) in [4.78, 5) is 0. The van der Waals surface area contributed by atoms with Crippen molar-refractivity contribution in [1.29, 1.82) is 0 Å². The number of fused-ring (bicyclic) bond motifs is 1. The number of hydrogen-bond acceptors (Lipinski definition) is 1. The summed E-state index contributed by atoms with van der Waals surface area (Å²) < 4.78 is 2.67. The SMILES string of the molecule is N[C@H]1CCc2cc(I)c(I)cc21. The molecular formula is C9H9I2N. The lowest BCUT2D eigenvalue weighted by Crippen LogP contribution is -2.05. The zero-order chi connectivity index (χ0) is 8.72. The Morgan fingerprint density at radius 2 is 1.92 bits per heavy atom. The molecule has 0 aromatic heterocycles. The first kappa shape index (κ1) is 9.21. The minimum absolute atomic E-state index is 0.283. The van der Waals surface area contributed by atoms with Gasteiger partial charge in [0.1, 0.15) is 0 Å². The molecule has 1 aromatic carbocycles. The molecule has 0 unspecified atom stereocenters. The minimum Gasteiger partial charge on any atom is -0.324 e. The van der Waals surface area contributed by atoms with Gasteiger partial charge in [-0.05, 0) is 81.3 Å². The molecule has 12 heavy (non-hydrogen) atoms. The molecule has 1 aliphatic rings. The molecule has 0 saturated heterocycles. The molecule has 1 nitrogen and oxygen atoms in total. The van der Waals surface area contributed by atoms with Gasteiger partial charge in [0.15, 0.2) is 0 Å². The molecule has 0 aliphatic heterocycles. The molecule has 3 heteroatoms. The van der Waals surface area contributed by atoms with E-state index in [4.69, 9.17) is 5.73 Å². The van der Waals surface area contributed by atoms with Crippen molar-refractivity contribution < 1.29 is 0 Å². The van der Waals surface area contributed by atoms with E-state index in [-0.39, 0.29) is 6.04 Å². The van der Waals surface area contributed by atoms with Crippen LogP contribution in [0.5, 0.6) is 0 Å². The molecule has 1 aromatic rings. The van der Waals surface area contributed by atoms with Gasteiger partial charge >= 0.3 is 0 Å². The summed E-state index contributed by atoms with van der Waals surface area (Å²) in [6, 6.07) is 4.78. The largest absolute Gasteiger partial charge is 0.324 e. The Balaban J connectivity index is 2.56. The number of rotatable bonds is 0. The molecule has 1 aliphatic carbocycles. The van der Waals surface area contributed by atoms with Crippen molar-refractivity contribution in [2.45, 2.75) is 18.9 Å². The molecular weight excluding hydrogens is 376 g/mol. The summed E-state index contributed by atoms with van der Waals surface area (Å²) in [5, 5.41) is 0. The van der Waals surface area contributed by atoms with Gasteiger partial charge in [0.25, 0.3) is 0 Å². The van der Waals surface area contributed by atoms with Crippen molar-refractivity contribution in [3.8, 4) is 0 Å². The molecule has 0 spiro atoms. The summed E-state index contributed by atoms with van der Waals surface area (Å²) in [6.07, 6.45) is 2.27. The lowest BCUT2D eigenvalue weighted by atomic mass is 10.1. The van der Waals surface area contributed by atoms with Crippen LogP contribution in [0.4, 0.5) is 0 Å². The van der Waals surface area contributed by atoms with Gasteiger partial charge in [-0.25, -0.2) is 0 Å². The van der Waals surface area contributed by atoms with Crippen molar-refractivity contribution in [2.75, 3.05) is 0 Å². The molecule has 2 N–H and O–H groups in total. The Labute approximate surface area is 99.4 Å². The Bertz CT molecular complexity index is 323. The minimum atomic E-state index is 0.283. The van der Waals surface area contributed by atoms with Crippen LogP contribution in [0, 0.1) is 7.14 Å². The van der Waals surface area contributed by atoms with Crippen LogP contribution in [-0.2, 0) is 6.42 Å². The van der Waals surface area contributed by atoms with Gasteiger partial charge in [-0.15, -0.1) is 0 Å². The maximum Gasteiger partial charge on any atom is 0.0301 e. The van der Waals surface area contributed by atoms with Crippen molar-refractivity contribution in [3.05, 3.63) is 30.4 Å². The van der Waals surface area contributed by atoms with E-state index < -0.39 is 0 Å². The third kappa shape index (κ3) is 1.50. The normalized spacial score (nSPS) is 21.1. The van der Waals surface area contributed by atoms with Gasteiger partial charge in [0, 0.05) is 13.2 Å². The van der Waals surface area contributed by atoms with Crippen molar-refractivity contribution in [2.24, 2.45) is 5.73 Å². The van der Waals surface area contributed by atoms with E-state index in [0.29, 0.717) is 0 Å². The molecule has 0 radical (unpaired) electrons. The number of benzene rings is 1. The van der Waals surface area contributed by atoms with E-state index in [0.717, 1.165) is 12.8 Å². The smallest absolute Gasteiger partial charge is 0.0301 e. The quantitative estimate of drug-likeness (QED) is 0.684. The number of aryl methyl sites for hydroxylation is 1. The van der Waals surface area contributed by atoms with Crippen LogP contribution in [0.25, 0.3) is 0 Å². The Morgan fingerprint density at radius 3 is 2.67 bits per heavy atom. The lowest BCUT2D eigenvalue weighted by molar-refractivity contribution is 0.713. The average Bonchev–Trinajstić information content (AvgIpc) is 2.35. The van der Waals surface area contributed by atoms with E-state index in [9.17, 15) is 0 Å². The highest BCUT2D eigenvalue weighted by atomic mass is 127. The maximum absolute atomic E-state index is 5.96. The third-order valence-corrected chi connectivity index (χ3v) is 5.12. The van der Waals surface area contributed by atoms with Gasteiger partial charge in [0.05, 0.1) is 0 Å². The fraction of sp³-hybridized carbons (Fsp3) is 0.333. The average molecular weight is 385 g/mol. The van der Waals surface area contributed by atoms with Gasteiger partial charge < -0.3 is 5.73 Å². The summed E-state index contributed by atoms with van der Waals surface area (Å²) in [5.74, 6) is 0. The van der Waals surface area contributed by atoms with Gasteiger partial charge in [0.2, 0.25) is 0 Å². The highest BCUT2D eigenvalue weighted by Gasteiger charge is 2.19. The van der Waals surface area contributed by atoms with Crippen LogP contribution in [-0.4, -0.2) is 0 Å². The topological polar surface area (TPSA) is 26.0 Å². The number of nitrogens with two attached hydrogens (primary N) is 1. The number of halogens is 2. The Kier molecular flexibility index (Phi) is 2.62. The van der Waals surface area contributed by atoms with Crippen molar-refractivity contribution in [3.63, 3.8) is 0 Å². The van der Waals surface area contributed by atoms with E-state index in [1.54, 1.807) is 0 Å². The molecule has 1 atom stereocenters. The molecule has 64 valence electrons. The number of hydrogen-bond donors (Lipinski definition) is 1. The van der Waals surface area contributed by atoms with Crippen LogP contribution in [0.3, 0.4) is 0 Å². The van der Waals surface area contributed by atoms with Crippen molar-refractivity contribution in [1.82, 2.24) is 0 Å². The molecule has 0 bridgehead atoms. The zero-order valence-corrected chi connectivity index (χ0v) is 10.8. The van der Waals surface area contributed by atoms with Crippen molar-refractivity contribution >= 4 is 45.2 Å². The predicted octanol–water partition coefficient (Wildman–Crippen LogP) is 2.84. The fourth-order valence-electron chi connectivity index (χ4n) is 1.63. The second-order valence-corrected chi connectivity index (χ2v) is 5.43. The predicted molar refractivity (Wildman–Crippen MR) is 67.1 cm³/mol. The van der Waals surface area contributed by atoms with Crippen LogP contribution in [0.1, 0.15) is 23.6 Å². The van der Waals surface area contributed by atoms with Crippen LogP contribution in [0.2, 0.25) is 0 Å². The van der Waals surface area contributed by atoms with Gasteiger partial charge in [-0.1, -0.05) is 0 Å². The van der Waals surface area contributed by atoms with E-state index >= 15 is 0 Å². The monoisotopic (exact) mass is 385 g/mol. The second kappa shape index (κ2) is 3.42. The van der Waals surface area contributed by atoms with E-state index in [2.05, 4.69) is 57.3 Å². The van der Waals surface area contributed by atoms with Crippen LogP contribution >= 0.6 is 45.2 Å². The molecule has 0 fully saturated rings. The van der Waals surface area contributed by atoms with E-state index in [1.807, 2.05) is 0 Å². The fourth-order valence-corrected chi connectivity index (χ4v) is 2.65. The molecule has 2 rings (SSSR count). The first-order valence-electron chi connectivity index (χ1n) is 3.92. The zero-order valence-electron chi connectivity index (χ0n) is 6.48. The maximum atomic E-state index is 5.96. The molecule has 0 heterocycles. The molecule has 0 saturated carbocycles. The molecule has 0 amide bonds. The second-order valence-electron chi connectivity index (χ2n) is 3.11. The summed E-state index contributed by atoms with van der Waals surface area (Å²) in [7, 11) is 0. The van der Waals surface area contributed by atoms with E-state index in [1.165, 1.54) is 18.3 Å². The highest BCUT2D eigenvalue weighted by molar-refractivity contribution is 14.1. The summed E-state index contributed by atoms with van der Waals surface area (Å²) >= 11 is 4.74. The summed E-state index contributed by atoms with van der Waals surface area (Å²) in [6.45, 7) is 0. The van der Waals surface area contributed by atoms with Gasteiger partial charge in [-0.2, -0.15) is 0 Å². The van der Waals surface area contributed by atoms with Crippen LogP contribution in [0.15, 0.2) is 12.1 Å². The van der Waals surface area contributed by atoms with Gasteiger partial charge in [-0.3, -0.25) is 0 Å². The Morgan fingerprint density at radius 1 is 1.25 bits per heavy atom. The first-order chi connectivity index (χ1) is 5.68. The Hall–Kier alpha value is 0.640. The summed E-state index contributed by atoms with van der Waals surface area (Å²) in [5.41, 5.74) is 8.77. The van der Waals surface area contributed by atoms with Crippen LogP contribution < -0.4 is 5.73 Å². The first-order valence-corrected chi connectivity index (χ1v) is 6.07. The lowest BCUT2D eigenvalue weighted by Gasteiger charge is -2.06. The standard InChI is InChI=1S/C9H9I2N/c10-7-3-5-1-2-9(12)6(5)4-8(7)11/h3-4,9H,1-2,12H2/t9-/m0/s1.